The van der Waals surface area contributed by atoms with E-state index in [4.69, 9.17) is 9.26 Å². The van der Waals surface area contributed by atoms with Crippen molar-refractivity contribution in [1.82, 2.24) is 15.5 Å². The van der Waals surface area contributed by atoms with E-state index in [0.29, 0.717) is 37.7 Å². The molecule has 2 aromatic heterocycles. The number of benzene rings is 1. The summed E-state index contributed by atoms with van der Waals surface area (Å²) < 4.78 is 10.9. The summed E-state index contributed by atoms with van der Waals surface area (Å²) >= 11 is 1.58. The molecule has 0 unspecified atom stereocenters. The van der Waals surface area contributed by atoms with Gasteiger partial charge >= 0.3 is 0 Å². The molecule has 1 aromatic carbocycles. The summed E-state index contributed by atoms with van der Waals surface area (Å²) in [6.45, 7) is 4.94. The molecule has 0 aliphatic rings. The van der Waals surface area contributed by atoms with Crippen molar-refractivity contribution in [3.05, 3.63) is 52.0 Å². The highest BCUT2D eigenvalue weighted by Crippen LogP contribution is 2.19. The number of amides is 1. The highest BCUT2D eigenvalue weighted by Gasteiger charge is 2.10. The zero-order valence-corrected chi connectivity index (χ0v) is 15.6. The molecule has 2 heterocycles. The van der Waals surface area contributed by atoms with Gasteiger partial charge in [0, 0.05) is 23.8 Å². The molecule has 0 fully saturated rings. The van der Waals surface area contributed by atoms with Crippen LogP contribution in [0.1, 0.15) is 23.4 Å². The number of thiophene rings is 1. The molecule has 1 N–H and O–H groups in total. The Morgan fingerprint density at radius 3 is 2.81 bits per heavy atom. The van der Waals surface area contributed by atoms with Crippen LogP contribution in [0.15, 0.2) is 39.5 Å². The minimum absolute atomic E-state index is 0.0655. The van der Waals surface area contributed by atoms with Crippen molar-refractivity contribution in [3.8, 4) is 17.1 Å². The van der Waals surface area contributed by atoms with E-state index in [2.05, 4.69) is 21.5 Å². The number of nitrogens with zero attached hydrogens (tertiary/aromatic N) is 2. The lowest BCUT2D eigenvalue weighted by Gasteiger charge is -2.09. The number of aryl methyl sites for hydroxylation is 3. The van der Waals surface area contributed by atoms with Crippen molar-refractivity contribution in [2.45, 2.75) is 26.7 Å². The molecule has 3 rings (SSSR count). The van der Waals surface area contributed by atoms with E-state index in [9.17, 15) is 4.79 Å². The molecule has 0 saturated heterocycles. The van der Waals surface area contributed by atoms with Crippen LogP contribution in [0.5, 0.6) is 5.75 Å². The number of hydrogen-bond donors (Lipinski definition) is 1. The van der Waals surface area contributed by atoms with Gasteiger partial charge in [0.05, 0.1) is 6.54 Å². The van der Waals surface area contributed by atoms with E-state index >= 15 is 0 Å². The van der Waals surface area contributed by atoms with Crippen LogP contribution in [0.25, 0.3) is 11.4 Å². The molecule has 3 aromatic rings. The summed E-state index contributed by atoms with van der Waals surface area (Å²) in [6, 6.07) is 7.99. The summed E-state index contributed by atoms with van der Waals surface area (Å²) in [7, 11) is 0. The fourth-order valence-electron chi connectivity index (χ4n) is 2.55. The fraction of sp³-hybridized carbons (Fsp3) is 0.316. The fourth-order valence-corrected chi connectivity index (χ4v) is 3.18. The number of rotatable bonds is 8. The van der Waals surface area contributed by atoms with Gasteiger partial charge in [-0.3, -0.25) is 4.79 Å². The van der Waals surface area contributed by atoms with Crippen LogP contribution in [-0.4, -0.2) is 29.2 Å². The topological polar surface area (TPSA) is 77.2 Å². The first-order valence-electron chi connectivity index (χ1n) is 8.43. The predicted octanol–water partition coefficient (Wildman–Crippen LogP) is 3.54. The molecule has 26 heavy (non-hydrogen) atoms. The van der Waals surface area contributed by atoms with Crippen LogP contribution in [-0.2, 0) is 11.2 Å². The Balaban J connectivity index is 1.37. The lowest BCUT2D eigenvalue weighted by Crippen LogP contribution is -2.28. The lowest BCUT2D eigenvalue weighted by molar-refractivity contribution is -0.121. The second-order valence-electron chi connectivity index (χ2n) is 6.05. The molecule has 7 heteroatoms. The minimum atomic E-state index is -0.0655. The maximum Gasteiger partial charge on any atom is 0.227 e. The number of ether oxygens (including phenoxy) is 1. The second kappa shape index (κ2) is 8.62. The van der Waals surface area contributed by atoms with Crippen LogP contribution in [0.2, 0.25) is 0 Å². The summed E-state index contributed by atoms with van der Waals surface area (Å²) in [4.78, 5) is 16.2. The molecule has 0 saturated carbocycles. The third kappa shape index (κ3) is 5.16. The molecule has 0 bridgehead atoms. The Morgan fingerprint density at radius 1 is 1.27 bits per heavy atom. The van der Waals surface area contributed by atoms with Gasteiger partial charge in [-0.25, -0.2) is 0 Å². The van der Waals surface area contributed by atoms with Gasteiger partial charge in [0.2, 0.25) is 17.6 Å². The van der Waals surface area contributed by atoms with Gasteiger partial charge in [0.25, 0.3) is 0 Å². The van der Waals surface area contributed by atoms with Crippen LogP contribution in [0.3, 0.4) is 0 Å². The molecule has 0 atom stereocenters. The third-order valence-electron chi connectivity index (χ3n) is 3.70. The highest BCUT2D eigenvalue weighted by atomic mass is 32.1. The number of carbonyl (C=O) groups excluding carboxylic acids is 1. The lowest BCUT2D eigenvalue weighted by atomic mass is 10.1. The zero-order chi connectivity index (χ0) is 18.4. The number of carbonyl (C=O) groups is 1. The molecular weight excluding hydrogens is 350 g/mol. The first-order valence-corrected chi connectivity index (χ1v) is 9.37. The first kappa shape index (κ1) is 18.1. The Labute approximate surface area is 156 Å². The first-order chi connectivity index (χ1) is 12.6. The molecule has 136 valence electrons. The number of hydrogen-bond acceptors (Lipinski definition) is 6. The largest absolute Gasteiger partial charge is 0.492 e. The maximum absolute atomic E-state index is 11.9. The Hall–Kier alpha value is -2.67. The van der Waals surface area contributed by atoms with Gasteiger partial charge in [-0.1, -0.05) is 11.2 Å². The summed E-state index contributed by atoms with van der Waals surface area (Å²) in [5, 5.41) is 10.7. The number of nitrogens with one attached hydrogen (secondary N) is 1. The van der Waals surface area contributed by atoms with Gasteiger partial charge < -0.3 is 14.6 Å². The Kier molecular flexibility index (Phi) is 6.01. The van der Waals surface area contributed by atoms with Crippen molar-refractivity contribution < 1.29 is 14.1 Å². The van der Waals surface area contributed by atoms with Gasteiger partial charge in [-0.2, -0.15) is 16.3 Å². The van der Waals surface area contributed by atoms with Gasteiger partial charge in [-0.15, -0.1) is 0 Å². The average Bonchev–Trinajstić information content (AvgIpc) is 3.27. The average molecular weight is 371 g/mol. The third-order valence-corrected chi connectivity index (χ3v) is 4.38. The highest BCUT2D eigenvalue weighted by molar-refractivity contribution is 7.08. The zero-order valence-electron chi connectivity index (χ0n) is 14.8. The monoisotopic (exact) mass is 371 g/mol. The van der Waals surface area contributed by atoms with Crippen molar-refractivity contribution in [3.63, 3.8) is 0 Å². The molecular formula is C19H21N3O3S. The Morgan fingerprint density at radius 2 is 2.08 bits per heavy atom. The van der Waals surface area contributed by atoms with E-state index in [1.54, 1.807) is 11.3 Å². The normalized spacial score (nSPS) is 10.7. The SMILES string of the molecule is Cc1cc(C)cc(OCCNC(=O)CCc2nc(-c3ccsc3)no2)c1. The van der Waals surface area contributed by atoms with Crippen LogP contribution < -0.4 is 10.1 Å². The molecule has 6 nitrogen and oxygen atoms in total. The molecule has 0 aliphatic carbocycles. The van der Waals surface area contributed by atoms with E-state index in [0.717, 1.165) is 22.4 Å². The smallest absolute Gasteiger partial charge is 0.227 e. The van der Waals surface area contributed by atoms with Crippen molar-refractivity contribution in [1.29, 1.82) is 0 Å². The summed E-state index contributed by atoms with van der Waals surface area (Å²) in [5.74, 6) is 1.78. The van der Waals surface area contributed by atoms with E-state index in [1.165, 1.54) is 0 Å². The summed E-state index contributed by atoms with van der Waals surface area (Å²) in [5.41, 5.74) is 3.24. The molecule has 0 spiro atoms. The number of aromatic nitrogens is 2. The quantitative estimate of drug-likeness (QED) is 0.613. The molecule has 1 amide bonds. The maximum atomic E-state index is 11.9. The van der Waals surface area contributed by atoms with Crippen LogP contribution in [0, 0.1) is 13.8 Å². The standard InChI is InChI=1S/C19H21N3O3S/c1-13-9-14(2)11-16(10-13)24-7-6-20-17(23)3-4-18-21-19(22-25-18)15-5-8-26-12-15/h5,8-12H,3-4,6-7H2,1-2H3,(H,20,23). The van der Waals surface area contributed by atoms with E-state index in [1.807, 2.05) is 42.8 Å². The molecule has 0 radical (unpaired) electrons. The van der Waals surface area contributed by atoms with Crippen molar-refractivity contribution in [2.24, 2.45) is 0 Å². The Bertz CT molecular complexity index is 839. The van der Waals surface area contributed by atoms with E-state index < -0.39 is 0 Å². The van der Waals surface area contributed by atoms with Gasteiger partial charge in [-0.05, 0) is 48.6 Å². The van der Waals surface area contributed by atoms with Crippen molar-refractivity contribution in [2.75, 3.05) is 13.2 Å². The van der Waals surface area contributed by atoms with Crippen LogP contribution >= 0.6 is 11.3 Å². The van der Waals surface area contributed by atoms with Crippen molar-refractivity contribution >= 4 is 17.2 Å². The van der Waals surface area contributed by atoms with E-state index in [-0.39, 0.29) is 5.91 Å². The molecule has 0 aliphatic heterocycles. The predicted molar refractivity (Wildman–Crippen MR) is 100 cm³/mol. The minimum Gasteiger partial charge on any atom is -0.492 e. The summed E-state index contributed by atoms with van der Waals surface area (Å²) in [6.07, 6.45) is 0.718. The van der Waals surface area contributed by atoms with Gasteiger partial charge in [0.1, 0.15) is 12.4 Å². The second-order valence-corrected chi connectivity index (χ2v) is 6.83. The van der Waals surface area contributed by atoms with Crippen LogP contribution in [0.4, 0.5) is 0 Å². The van der Waals surface area contributed by atoms with Gasteiger partial charge in [0.15, 0.2) is 0 Å².